The molecule has 0 amide bonds. The number of carbonyl (C=O) groups is 2. The molecule has 2 aliphatic carbocycles. The second-order valence-electron chi connectivity index (χ2n) is 11.4. The Morgan fingerprint density at radius 3 is 1.82 bits per heavy atom. The number of ether oxygens (including phenoxy) is 4. The summed E-state index contributed by atoms with van der Waals surface area (Å²) in [5.74, 6) is 2.24. The minimum absolute atomic E-state index is 0.272. The van der Waals surface area contributed by atoms with E-state index in [1.165, 1.54) is 16.7 Å². The first-order valence-corrected chi connectivity index (χ1v) is 14.7. The molecule has 4 rings (SSSR count). The highest BCUT2D eigenvalue weighted by Gasteiger charge is 2.48. The van der Waals surface area contributed by atoms with Crippen molar-refractivity contribution in [2.45, 2.75) is 97.7 Å². The van der Waals surface area contributed by atoms with Gasteiger partial charge in [0.15, 0.2) is 0 Å². The second kappa shape index (κ2) is 12.5. The fourth-order valence-corrected chi connectivity index (χ4v) is 6.22. The predicted molar refractivity (Wildman–Crippen MR) is 158 cm³/mol. The number of esters is 2. The Kier molecular flexibility index (Phi) is 9.27. The minimum atomic E-state index is -0.395. The lowest BCUT2D eigenvalue weighted by molar-refractivity contribution is -0.146. The van der Waals surface area contributed by atoms with Crippen LogP contribution in [0.25, 0.3) is 10.8 Å². The van der Waals surface area contributed by atoms with E-state index in [2.05, 4.69) is 45.2 Å². The Labute approximate surface area is 238 Å². The second-order valence-corrected chi connectivity index (χ2v) is 11.4. The van der Waals surface area contributed by atoms with Crippen LogP contribution in [0, 0.1) is 5.92 Å². The van der Waals surface area contributed by atoms with Gasteiger partial charge < -0.3 is 18.9 Å². The molecule has 2 aromatic rings. The number of benzene rings is 2. The van der Waals surface area contributed by atoms with E-state index in [4.69, 9.17) is 18.9 Å². The summed E-state index contributed by atoms with van der Waals surface area (Å²) in [6.45, 7) is 19.7. The average molecular weight is 549 g/mol. The van der Waals surface area contributed by atoms with Crippen molar-refractivity contribution in [1.29, 1.82) is 0 Å². The fourth-order valence-electron chi connectivity index (χ4n) is 6.22. The number of rotatable bonds is 13. The molecule has 0 heterocycles. The summed E-state index contributed by atoms with van der Waals surface area (Å²) >= 11 is 0. The highest BCUT2D eigenvalue weighted by Crippen LogP contribution is 2.64. The monoisotopic (exact) mass is 548 g/mol. The Balaban J connectivity index is 1.78. The SMILES string of the molecule is C=C(C)C(=O)OC(CC)COc1c2c(c(OCC(CC)OC(=O)C(=C)C)c3c(CC)cccc13)C1CCC2C1C. The lowest BCUT2D eigenvalue weighted by Gasteiger charge is -2.28. The van der Waals surface area contributed by atoms with Gasteiger partial charge in [-0.05, 0) is 69.3 Å². The normalized spacial score (nSPS) is 20.5. The van der Waals surface area contributed by atoms with Gasteiger partial charge in [0.25, 0.3) is 0 Å². The van der Waals surface area contributed by atoms with Crippen molar-refractivity contribution in [2.75, 3.05) is 13.2 Å². The van der Waals surface area contributed by atoms with E-state index < -0.39 is 11.9 Å². The fraction of sp³-hybridized carbons (Fsp3) is 0.529. The van der Waals surface area contributed by atoms with Crippen molar-refractivity contribution in [1.82, 2.24) is 0 Å². The lowest BCUT2D eigenvalue weighted by atomic mass is 9.85. The number of aryl methyl sites for hydroxylation is 1. The minimum Gasteiger partial charge on any atom is -0.489 e. The molecule has 1 fully saturated rings. The van der Waals surface area contributed by atoms with E-state index in [1.807, 2.05) is 13.8 Å². The van der Waals surface area contributed by atoms with Crippen LogP contribution in [0.2, 0.25) is 0 Å². The van der Waals surface area contributed by atoms with Gasteiger partial charge in [-0.25, -0.2) is 9.59 Å². The van der Waals surface area contributed by atoms with Gasteiger partial charge in [0, 0.05) is 33.0 Å². The summed E-state index contributed by atoms with van der Waals surface area (Å²) in [4.78, 5) is 24.5. The third kappa shape index (κ3) is 5.63. The van der Waals surface area contributed by atoms with Crippen LogP contribution < -0.4 is 9.47 Å². The first-order chi connectivity index (χ1) is 19.1. The summed E-state index contributed by atoms with van der Waals surface area (Å²) in [5.41, 5.74) is 4.41. The largest absolute Gasteiger partial charge is 0.489 e. The van der Waals surface area contributed by atoms with Gasteiger partial charge in [-0.3, -0.25) is 0 Å². The molecule has 0 spiro atoms. The number of carbonyl (C=O) groups excluding carboxylic acids is 2. The van der Waals surface area contributed by atoms with Gasteiger partial charge in [0.1, 0.15) is 36.9 Å². The van der Waals surface area contributed by atoms with Crippen molar-refractivity contribution < 1.29 is 28.5 Å². The summed E-state index contributed by atoms with van der Waals surface area (Å²) < 4.78 is 24.6. The van der Waals surface area contributed by atoms with Gasteiger partial charge in [-0.1, -0.05) is 59.1 Å². The quantitative estimate of drug-likeness (QED) is 0.190. The van der Waals surface area contributed by atoms with Crippen molar-refractivity contribution in [3.63, 3.8) is 0 Å². The molecule has 0 radical (unpaired) electrons. The van der Waals surface area contributed by atoms with E-state index in [0.717, 1.165) is 41.5 Å². The third-order valence-corrected chi connectivity index (χ3v) is 8.56. The smallest absolute Gasteiger partial charge is 0.333 e. The van der Waals surface area contributed by atoms with Crippen molar-refractivity contribution in [3.05, 3.63) is 59.2 Å². The van der Waals surface area contributed by atoms with E-state index in [-0.39, 0.29) is 25.4 Å². The molecule has 2 bridgehead atoms. The molecular formula is C34H44O6. The highest BCUT2D eigenvalue weighted by atomic mass is 16.6. The summed E-state index contributed by atoms with van der Waals surface area (Å²) in [6.07, 6.45) is 3.61. The van der Waals surface area contributed by atoms with E-state index >= 15 is 0 Å². The topological polar surface area (TPSA) is 71.1 Å². The van der Waals surface area contributed by atoms with Crippen LogP contribution in [-0.4, -0.2) is 37.4 Å². The number of hydrogen-bond donors (Lipinski definition) is 0. The van der Waals surface area contributed by atoms with Gasteiger partial charge in [-0.2, -0.15) is 0 Å². The maximum Gasteiger partial charge on any atom is 0.333 e. The molecule has 5 atom stereocenters. The standard InChI is InChI=1S/C34H44O6/c1-9-22-13-12-14-27-28(22)32(38-18-24(11-3)40-34(36)20(6)7)30-26-16-15-25(21(26)8)29(30)31(27)37-17-23(10-2)39-33(35)19(4)5/h12-14,21,23-26H,4,6,9-11,15-18H2,1-3,5,7-8H3. The predicted octanol–water partition coefficient (Wildman–Crippen LogP) is 7.57. The Morgan fingerprint density at radius 2 is 1.35 bits per heavy atom. The number of fused-ring (bicyclic) bond motifs is 6. The third-order valence-electron chi connectivity index (χ3n) is 8.56. The Morgan fingerprint density at radius 1 is 0.850 bits per heavy atom. The van der Waals surface area contributed by atoms with Gasteiger partial charge in [0.05, 0.1) is 0 Å². The summed E-state index contributed by atoms with van der Waals surface area (Å²) in [6, 6.07) is 6.32. The molecule has 5 unspecified atom stereocenters. The zero-order valence-corrected chi connectivity index (χ0v) is 24.9. The van der Waals surface area contributed by atoms with Gasteiger partial charge in [-0.15, -0.1) is 0 Å². The van der Waals surface area contributed by atoms with Crippen LogP contribution in [0.15, 0.2) is 42.5 Å². The van der Waals surface area contributed by atoms with Crippen LogP contribution in [0.1, 0.15) is 95.8 Å². The van der Waals surface area contributed by atoms with Crippen LogP contribution in [0.5, 0.6) is 11.5 Å². The molecule has 1 saturated carbocycles. The van der Waals surface area contributed by atoms with Crippen molar-refractivity contribution in [3.8, 4) is 11.5 Å². The average Bonchev–Trinajstić information content (AvgIpc) is 3.44. The van der Waals surface area contributed by atoms with Gasteiger partial charge >= 0.3 is 11.9 Å². The van der Waals surface area contributed by atoms with Crippen LogP contribution in [0.4, 0.5) is 0 Å². The van der Waals surface area contributed by atoms with E-state index in [1.54, 1.807) is 13.8 Å². The zero-order valence-electron chi connectivity index (χ0n) is 24.9. The molecule has 0 aromatic heterocycles. The summed E-state index contributed by atoms with van der Waals surface area (Å²) in [7, 11) is 0. The molecule has 2 aromatic carbocycles. The molecule has 40 heavy (non-hydrogen) atoms. The lowest BCUT2D eigenvalue weighted by Crippen LogP contribution is -2.26. The van der Waals surface area contributed by atoms with E-state index in [0.29, 0.717) is 41.7 Å². The maximum absolute atomic E-state index is 12.2. The Bertz CT molecular complexity index is 1310. The molecule has 6 heteroatoms. The van der Waals surface area contributed by atoms with Crippen LogP contribution >= 0.6 is 0 Å². The molecule has 6 nitrogen and oxygen atoms in total. The van der Waals surface area contributed by atoms with Crippen molar-refractivity contribution in [2.24, 2.45) is 5.92 Å². The molecule has 0 aliphatic heterocycles. The molecule has 0 saturated heterocycles. The number of hydrogen-bond acceptors (Lipinski definition) is 6. The molecule has 216 valence electrons. The Hall–Kier alpha value is -3.28. The summed E-state index contributed by atoms with van der Waals surface area (Å²) in [5, 5.41) is 2.08. The maximum atomic E-state index is 12.2. The van der Waals surface area contributed by atoms with E-state index in [9.17, 15) is 9.59 Å². The molecular weight excluding hydrogens is 504 g/mol. The first kappa shape index (κ1) is 29.7. The molecule has 0 N–H and O–H groups in total. The molecule has 2 aliphatic rings. The van der Waals surface area contributed by atoms with Crippen LogP contribution in [0.3, 0.4) is 0 Å². The van der Waals surface area contributed by atoms with Crippen LogP contribution in [-0.2, 0) is 25.5 Å². The first-order valence-electron chi connectivity index (χ1n) is 14.7. The highest BCUT2D eigenvalue weighted by molar-refractivity contribution is 5.99. The van der Waals surface area contributed by atoms with Gasteiger partial charge in [0.2, 0.25) is 0 Å². The zero-order chi connectivity index (χ0) is 29.1. The van der Waals surface area contributed by atoms with Crippen molar-refractivity contribution >= 4 is 22.7 Å².